The first-order valence-electron chi connectivity index (χ1n) is 10.4. The lowest BCUT2D eigenvalue weighted by Crippen LogP contribution is -2.37. The Morgan fingerprint density at radius 1 is 1.12 bits per heavy atom. The molecule has 0 amide bonds. The average molecular weight is 471 g/mol. The molecule has 1 aliphatic rings. The smallest absolute Gasteiger partial charge is 0.322 e. The van der Waals surface area contributed by atoms with E-state index in [4.69, 9.17) is 20.8 Å². The normalized spacial score (nSPS) is 15.0. The molecule has 0 unspecified atom stereocenters. The molecule has 2 heterocycles. The van der Waals surface area contributed by atoms with Crippen molar-refractivity contribution in [3.8, 4) is 5.75 Å². The Bertz CT molecular complexity index is 1170. The monoisotopic (exact) mass is 470 g/mol. The maximum atomic E-state index is 13.2. The molecule has 8 heteroatoms. The minimum absolute atomic E-state index is 0.105. The van der Waals surface area contributed by atoms with Gasteiger partial charge >= 0.3 is 5.97 Å². The van der Waals surface area contributed by atoms with Crippen molar-refractivity contribution in [3.63, 3.8) is 0 Å². The number of hydrogen-bond acceptors (Lipinski definition) is 7. The highest BCUT2D eigenvalue weighted by molar-refractivity contribution is 7.98. The van der Waals surface area contributed by atoms with Gasteiger partial charge in [0.1, 0.15) is 12.0 Å². The van der Waals surface area contributed by atoms with Crippen molar-refractivity contribution < 1.29 is 13.9 Å². The Balaban J connectivity index is 1.48. The Hall–Kier alpha value is -2.64. The molecular formula is C24H23ClN2O4S. The maximum absolute atomic E-state index is 13.2. The molecule has 1 aromatic carbocycles. The number of carbonyl (C=O) groups excluding carboxylic acids is 1. The molecule has 0 atom stereocenters. The van der Waals surface area contributed by atoms with Gasteiger partial charge in [0.25, 0.3) is 0 Å². The SMILES string of the molecule is Cc1cc(C)nc(SCc2cc(=O)c(OC(=O)C3(c4ccc(Cl)cc4)CCCC3)co2)n1. The lowest BCUT2D eigenvalue weighted by atomic mass is 9.79. The summed E-state index contributed by atoms with van der Waals surface area (Å²) >= 11 is 7.38. The summed E-state index contributed by atoms with van der Waals surface area (Å²) in [7, 11) is 0. The lowest BCUT2D eigenvalue weighted by Gasteiger charge is -2.26. The molecule has 2 aromatic heterocycles. The van der Waals surface area contributed by atoms with Crippen LogP contribution in [-0.2, 0) is 16.0 Å². The lowest BCUT2D eigenvalue weighted by molar-refractivity contribution is -0.141. The van der Waals surface area contributed by atoms with Gasteiger partial charge in [-0.1, -0.05) is 48.3 Å². The molecule has 3 aromatic rings. The van der Waals surface area contributed by atoms with E-state index in [1.54, 1.807) is 12.1 Å². The van der Waals surface area contributed by atoms with E-state index in [1.807, 2.05) is 32.0 Å². The van der Waals surface area contributed by atoms with Crippen LogP contribution < -0.4 is 10.2 Å². The minimum atomic E-state index is -0.772. The first kappa shape index (κ1) is 22.6. The summed E-state index contributed by atoms with van der Waals surface area (Å²) in [6.07, 6.45) is 4.39. The standard InChI is InChI=1S/C24H23ClN2O4S/c1-15-11-16(2)27-23(26-15)32-14-19-12-20(28)21(13-30-19)31-22(29)24(9-3-4-10-24)17-5-7-18(25)8-6-17/h5-8,11-13H,3-4,9-10,14H2,1-2H3. The van der Waals surface area contributed by atoms with Crippen LogP contribution in [0, 0.1) is 13.8 Å². The molecule has 0 bridgehead atoms. The van der Waals surface area contributed by atoms with Gasteiger partial charge in [-0.15, -0.1) is 0 Å². The third kappa shape index (κ3) is 4.89. The van der Waals surface area contributed by atoms with Gasteiger partial charge in [-0.25, -0.2) is 9.97 Å². The molecule has 0 saturated heterocycles. The first-order valence-corrected chi connectivity index (χ1v) is 11.8. The predicted octanol–water partition coefficient (Wildman–Crippen LogP) is 5.41. The number of ether oxygens (including phenoxy) is 1. The third-order valence-electron chi connectivity index (χ3n) is 5.60. The molecule has 4 rings (SSSR count). The van der Waals surface area contributed by atoms with Crippen molar-refractivity contribution in [2.45, 2.75) is 55.9 Å². The molecule has 1 saturated carbocycles. The highest BCUT2D eigenvalue weighted by atomic mass is 35.5. The van der Waals surface area contributed by atoms with E-state index in [2.05, 4.69) is 9.97 Å². The molecule has 1 fully saturated rings. The van der Waals surface area contributed by atoms with E-state index < -0.39 is 16.8 Å². The van der Waals surface area contributed by atoms with Gasteiger partial charge in [0.15, 0.2) is 5.16 Å². The van der Waals surface area contributed by atoms with Crippen LogP contribution in [-0.4, -0.2) is 15.9 Å². The highest BCUT2D eigenvalue weighted by Crippen LogP contribution is 2.42. The van der Waals surface area contributed by atoms with Crippen LogP contribution >= 0.6 is 23.4 Å². The second kappa shape index (κ2) is 9.46. The zero-order valence-electron chi connectivity index (χ0n) is 17.9. The van der Waals surface area contributed by atoms with Gasteiger partial charge in [0.05, 0.1) is 11.2 Å². The Morgan fingerprint density at radius 3 is 2.41 bits per heavy atom. The molecule has 1 aliphatic carbocycles. The zero-order chi connectivity index (χ0) is 22.7. The van der Waals surface area contributed by atoms with Gasteiger partial charge in [0.2, 0.25) is 11.2 Å². The van der Waals surface area contributed by atoms with Crippen LogP contribution in [0.1, 0.15) is 48.4 Å². The average Bonchev–Trinajstić information content (AvgIpc) is 3.25. The number of hydrogen-bond donors (Lipinski definition) is 0. The van der Waals surface area contributed by atoms with Crippen LogP contribution in [0.2, 0.25) is 5.02 Å². The number of nitrogens with zero attached hydrogens (tertiary/aromatic N) is 2. The number of thioether (sulfide) groups is 1. The molecule has 6 nitrogen and oxygen atoms in total. The van der Waals surface area contributed by atoms with Crippen LogP contribution in [0.25, 0.3) is 0 Å². The summed E-state index contributed by atoms with van der Waals surface area (Å²) in [5, 5.41) is 1.22. The molecular weight excluding hydrogens is 448 g/mol. The fourth-order valence-electron chi connectivity index (χ4n) is 4.04. The maximum Gasteiger partial charge on any atom is 0.322 e. The second-order valence-electron chi connectivity index (χ2n) is 7.98. The molecule has 0 N–H and O–H groups in total. The van der Waals surface area contributed by atoms with E-state index in [0.29, 0.717) is 34.5 Å². The van der Waals surface area contributed by atoms with Crippen molar-refractivity contribution >= 4 is 29.3 Å². The first-order chi connectivity index (χ1) is 15.4. The number of halogens is 1. The van der Waals surface area contributed by atoms with Crippen LogP contribution in [0.15, 0.2) is 57.0 Å². The van der Waals surface area contributed by atoms with Gasteiger partial charge in [-0.2, -0.15) is 0 Å². The van der Waals surface area contributed by atoms with E-state index in [-0.39, 0.29) is 5.75 Å². The summed E-state index contributed by atoms with van der Waals surface area (Å²) in [4.78, 5) is 34.5. The van der Waals surface area contributed by atoms with E-state index in [1.165, 1.54) is 24.1 Å². The predicted molar refractivity (Wildman–Crippen MR) is 123 cm³/mol. The summed E-state index contributed by atoms with van der Waals surface area (Å²) in [5.74, 6) is 0.305. The third-order valence-corrected chi connectivity index (χ3v) is 6.73. The van der Waals surface area contributed by atoms with E-state index >= 15 is 0 Å². The van der Waals surface area contributed by atoms with Crippen molar-refractivity contribution in [3.05, 3.63) is 80.6 Å². The minimum Gasteiger partial charge on any atom is -0.464 e. The molecule has 0 spiro atoms. The largest absolute Gasteiger partial charge is 0.464 e. The number of aryl methyl sites for hydroxylation is 2. The van der Waals surface area contributed by atoms with Gasteiger partial charge in [-0.3, -0.25) is 9.59 Å². The van der Waals surface area contributed by atoms with Crippen molar-refractivity contribution in [2.24, 2.45) is 0 Å². The topological polar surface area (TPSA) is 82.3 Å². The van der Waals surface area contributed by atoms with Gasteiger partial charge < -0.3 is 9.15 Å². The van der Waals surface area contributed by atoms with Gasteiger partial charge in [-0.05, 0) is 50.5 Å². The van der Waals surface area contributed by atoms with E-state index in [9.17, 15) is 9.59 Å². The number of rotatable bonds is 6. The quantitative estimate of drug-likeness (QED) is 0.270. The second-order valence-corrected chi connectivity index (χ2v) is 9.36. The molecule has 0 radical (unpaired) electrons. The van der Waals surface area contributed by atoms with Crippen LogP contribution in [0.4, 0.5) is 0 Å². The molecule has 0 aliphatic heterocycles. The summed E-state index contributed by atoms with van der Waals surface area (Å²) in [6, 6.07) is 10.5. The van der Waals surface area contributed by atoms with Crippen LogP contribution in [0.3, 0.4) is 0 Å². The summed E-state index contributed by atoms with van der Waals surface area (Å²) < 4.78 is 11.1. The van der Waals surface area contributed by atoms with E-state index in [0.717, 1.165) is 29.8 Å². The Morgan fingerprint density at radius 2 is 1.78 bits per heavy atom. The highest BCUT2D eigenvalue weighted by Gasteiger charge is 2.44. The summed E-state index contributed by atoms with van der Waals surface area (Å²) in [6.45, 7) is 3.81. The van der Waals surface area contributed by atoms with Crippen LogP contribution in [0.5, 0.6) is 5.75 Å². The van der Waals surface area contributed by atoms with Crippen molar-refractivity contribution in [1.82, 2.24) is 9.97 Å². The number of benzene rings is 1. The number of carbonyl (C=O) groups is 1. The Kier molecular flexibility index (Phi) is 6.67. The fourth-order valence-corrected chi connectivity index (χ4v) is 5.00. The molecule has 166 valence electrons. The number of aromatic nitrogens is 2. The number of esters is 1. The molecule has 32 heavy (non-hydrogen) atoms. The Labute approximate surface area is 195 Å². The van der Waals surface area contributed by atoms with Crippen molar-refractivity contribution in [2.75, 3.05) is 0 Å². The fraction of sp³-hybridized carbons (Fsp3) is 0.333. The van der Waals surface area contributed by atoms with Gasteiger partial charge in [0, 0.05) is 22.5 Å². The zero-order valence-corrected chi connectivity index (χ0v) is 19.5. The van der Waals surface area contributed by atoms with Crippen molar-refractivity contribution in [1.29, 1.82) is 0 Å². The summed E-state index contributed by atoms with van der Waals surface area (Å²) in [5.41, 5.74) is 1.45.